The quantitative estimate of drug-likeness (QED) is 0.182. The van der Waals surface area contributed by atoms with Gasteiger partial charge in [-0.1, -0.05) is 80.6 Å². The number of rotatable bonds is 11. The highest BCUT2D eigenvalue weighted by Crippen LogP contribution is 2.41. The van der Waals surface area contributed by atoms with E-state index < -0.39 is 35.3 Å². The molecule has 2 amide bonds. The second kappa shape index (κ2) is 16.4. The molecule has 4 aliphatic rings. The number of nitrogens with zero attached hydrogens (tertiary/aromatic N) is 5. The maximum atomic E-state index is 12.8. The van der Waals surface area contributed by atoms with Gasteiger partial charge in [-0.2, -0.15) is 0 Å². The molecule has 3 atom stereocenters. The Balaban J connectivity index is 0.000000266. The lowest BCUT2D eigenvalue weighted by atomic mass is 9.91. The van der Waals surface area contributed by atoms with Crippen molar-refractivity contribution in [1.29, 1.82) is 0 Å². The van der Waals surface area contributed by atoms with Gasteiger partial charge in [-0.15, -0.1) is 16.9 Å². The van der Waals surface area contributed by atoms with Gasteiger partial charge in [0.15, 0.2) is 0 Å². The van der Waals surface area contributed by atoms with Crippen LogP contribution >= 0.6 is 23.5 Å². The van der Waals surface area contributed by atoms with E-state index in [0.29, 0.717) is 27.8 Å². The first-order valence-electron chi connectivity index (χ1n) is 15.8. The van der Waals surface area contributed by atoms with Crippen LogP contribution in [0.3, 0.4) is 0 Å². The van der Waals surface area contributed by atoms with Crippen LogP contribution in [0.4, 0.5) is 0 Å². The monoisotopic (exact) mass is 671 g/mol. The molecule has 2 aliphatic heterocycles. The molecule has 3 heterocycles. The van der Waals surface area contributed by atoms with Gasteiger partial charge in [-0.25, -0.2) is 9.48 Å². The minimum atomic E-state index is -1.23. The Morgan fingerprint density at radius 2 is 1.74 bits per heavy atom. The largest absolute Gasteiger partial charge is 0.477 e. The number of tetrazole rings is 1. The Hall–Kier alpha value is -3.43. The predicted octanol–water partition coefficient (Wildman–Crippen LogP) is 3.20. The molecule has 13 nitrogen and oxygen atoms in total. The molecule has 0 bridgehead atoms. The maximum Gasteiger partial charge on any atom is 0.352 e. The lowest BCUT2D eigenvalue weighted by Gasteiger charge is -2.49. The van der Waals surface area contributed by atoms with Crippen molar-refractivity contribution in [3.63, 3.8) is 0 Å². The van der Waals surface area contributed by atoms with Crippen LogP contribution in [0, 0.1) is 0 Å². The number of carbonyl (C=O) groups is 4. The van der Waals surface area contributed by atoms with Crippen molar-refractivity contribution in [1.82, 2.24) is 35.7 Å². The van der Waals surface area contributed by atoms with Crippen LogP contribution in [-0.2, 0) is 31.0 Å². The lowest BCUT2D eigenvalue weighted by Crippen LogP contribution is -2.71. The summed E-state index contributed by atoms with van der Waals surface area (Å²) in [7, 11) is 1.67. The van der Waals surface area contributed by atoms with Gasteiger partial charge in [0.25, 0.3) is 18.3 Å². The topological polar surface area (TPSA) is 169 Å². The molecule has 3 fully saturated rings. The van der Waals surface area contributed by atoms with Crippen LogP contribution < -0.4 is 10.6 Å². The van der Waals surface area contributed by atoms with Crippen molar-refractivity contribution < 1.29 is 29.0 Å². The summed E-state index contributed by atoms with van der Waals surface area (Å²) in [4.78, 5) is 49.7. The van der Waals surface area contributed by atoms with Crippen molar-refractivity contribution in [2.24, 2.45) is 7.05 Å². The fourth-order valence-electron chi connectivity index (χ4n) is 6.37. The number of benzene rings is 1. The summed E-state index contributed by atoms with van der Waals surface area (Å²) < 4.78 is 6.40. The van der Waals surface area contributed by atoms with Gasteiger partial charge in [0, 0.05) is 36.2 Å². The van der Waals surface area contributed by atoms with Gasteiger partial charge >= 0.3 is 5.97 Å². The third kappa shape index (κ3) is 8.28. The summed E-state index contributed by atoms with van der Waals surface area (Å²) in [5.74, 6) is -1.79. The third-order valence-corrected chi connectivity index (χ3v) is 11.2. The highest BCUT2D eigenvalue weighted by molar-refractivity contribution is 8.01. The fourth-order valence-corrected chi connectivity index (χ4v) is 8.70. The Kier molecular flexibility index (Phi) is 12.1. The predicted molar refractivity (Wildman–Crippen MR) is 172 cm³/mol. The van der Waals surface area contributed by atoms with Gasteiger partial charge < -0.3 is 20.5 Å². The molecule has 248 valence electrons. The van der Waals surface area contributed by atoms with E-state index in [1.807, 2.05) is 0 Å². The van der Waals surface area contributed by atoms with Crippen molar-refractivity contribution >= 4 is 47.8 Å². The van der Waals surface area contributed by atoms with Crippen LogP contribution in [-0.4, -0.2) is 89.5 Å². The van der Waals surface area contributed by atoms with E-state index in [1.165, 1.54) is 97.3 Å². The molecule has 46 heavy (non-hydrogen) atoms. The van der Waals surface area contributed by atoms with Gasteiger partial charge in [0.2, 0.25) is 11.3 Å². The normalized spacial score (nSPS) is 22.5. The summed E-state index contributed by atoms with van der Waals surface area (Å²) in [5, 5.41) is 27.3. The molecule has 2 aromatic rings. The number of carboxylic acids is 1. The van der Waals surface area contributed by atoms with Crippen LogP contribution in [0.25, 0.3) is 0 Å². The summed E-state index contributed by atoms with van der Waals surface area (Å²) in [6.45, 7) is 0.170. The summed E-state index contributed by atoms with van der Waals surface area (Å²) in [5.41, 5.74) is 0.910. The first-order valence-corrected chi connectivity index (χ1v) is 17.9. The molecule has 2 saturated carbocycles. The number of carbonyl (C=O) groups excluding carboxylic acids is 3. The summed E-state index contributed by atoms with van der Waals surface area (Å²) >= 11 is 2.61. The number of aryl methyl sites for hydroxylation is 1. The fraction of sp³-hybridized carbons (Fsp3) is 0.581. The molecule has 1 aromatic heterocycles. The van der Waals surface area contributed by atoms with Crippen LogP contribution in [0.15, 0.2) is 46.8 Å². The standard InChI is InChI=1S/C19H18N6O6S2.C12H23N/c1-24-19(21-22-23-24)33-8-11-7-32-17-12(16(28)25(17)13(11)18(29)30)20-15(27)14(31-9-26)10-5-3-2-4-6-10;1-3-7-11(8-4-1)13-12-9-5-2-6-10-12/h2-6,9,12,14,17H,7-8H2,1H3,(H,20,27)(H,29,30);11-13H,1-10H2/t12-,14-,17-;/m1./s1. The Bertz CT molecular complexity index is 1380. The number of carboxylic acid groups (broad SMARTS) is 1. The van der Waals surface area contributed by atoms with Crippen LogP contribution in [0.1, 0.15) is 75.9 Å². The molecule has 6 rings (SSSR count). The van der Waals surface area contributed by atoms with Gasteiger partial charge in [-0.3, -0.25) is 19.3 Å². The van der Waals surface area contributed by atoms with E-state index in [1.54, 1.807) is 37.4 Å². The van der Waals surface area contributed by atoms with E-state index in [-0.39, 0.29) is 12.2 Å². The molecule has 0 radical (unpaired) electrons. The molecule has 15 heteroatoms. The second-order valence-electron chi connectivity index (χ2n) is 11.9. The molecular weight excluding hydrogens is 631 g/mol. The molecule has 2 aliphatic carbocycles. The number of hydrogen-bond donors (Lipinski definition) is 3. The van der Waals surface area contributed by atoms with E-state index in [9.17, 15) is 24.3 Å². The summed E-state index contributed by atoms with van der Waals surface area (Å²) in [6.07, 6.45) is 13.3. The van der Waals surface area contributed by atoms with E-state index in [0.717, 1.165) is 12.1 Å². The molecule has 3 N–H and O–H groups in total. The number of ether oxygens (including phenoxy) is 1. The van der Waals surface area contributed by atoms with Crippen molar-refractivity contribution in [3.05, 3.63) is 47.2 Å². The number of hydrogen-bond acceptors (Lipinski definition) is 11. The zero-order valence-electron chi connectivity index (χ0n) is 25.9. The first kappa shape index (κ1) is 33.9. The highest BCUT2D eigenvalue weighted by atomic mass is 32.2. The van der Waals surface area contributed by atoms with E-state index in [4.69, 9.17) is 4.74 Å². The molecule has 1 saturated heterocycles. The van der Waals surface area contributed by atoms with Crippen LogP contribution in [0.5, 0.6) is 0 Å². The number of nitrogens with one attached hydrogen (secondary N) is 2. The first-order chi connectivity index (χ1) is 22.4. The van der Waals surface area contributed by atoms with Crippen LogP contribution in [0.2, 0.25) is 0 Å². The minimum Gasteiger partial charge on any atom is -0.477 e. The third-order valence-electron chi connectivity index (χ3n) is 8.72. The van der Waals surface area contributed by atoms with Crippen molar-refractivity contribution in [2.45, 2.75) is 99.0 Å². The zero-order chi connectivity index (χ0) is 32.5. The number of β-lactam (4-membered cyclic amide) rings is 1. The van der Waals surface area contributed by atoms with E-state index in [2.05, 4.69) is 26.2 Å². The number of thioether (sulfide) groups is 2. The zero-order valence-corrected chi connectivity index (χ0v) is 27.5. The highest BCUT2D eigenvalue weighted by Gasteiger charge is 2.54. The molecule has 0 unspecified atom stereocenters. The average molecular weight is 672 g/mol. The second-order valence-corrected chi connectivity index (χ2v) is 13.9. The Morgan fingerprint density at radius 1 is 1.09 bits per heavy atom. The smallest absolute Gasteiger partial charge is 0.352 e. The van der Waals surface area contributed by atoms with Crippen molar-refractivity contribution in [3.8, 4) is 0 Å². The molecular formula is C31H41N7O6S2. The summed E-state index contributed by atoms with van der Waals surface area (Å²) in [6, 6.07) is 9.20. The number of aliphatic carboxylic acids is 1. The molecule has 0 spiro atoms. The SMILES string of the molecule is C1CCC(NC2CCCCC2)CC1.Cn1nnnc1SCC1=C(C(=O)O)N2C(=O)[C@@H](NC(=O)[C@H](OC=O)c3ccccc3)[C@H]2SC1. The van der Waals surface area contributed by atoms with E-state index >= 15 is 0 Å². The van der Waals surface area contributed by atoms with Gasteiger partial charge in [0.05, 0.1) is 0 Å². The number of aromatic nitrogens is 4. The van der Waals surface area contributed by atoms with Gasteiger partial charge in [-0.05, 0) is 41.7 Å². The average Bonchev–Trinajstić information content (AvgIpc) is 3.50. The Morgan fingerprint density at radius 3 is 2.30 bits per heavy atom. The minimum absolute atomic E-state index is 0.0966. The Labute approximate surface area is 276 Å². The number of fused-ring (bicyclic) bond motifs is 1. The number of amides is 2. The lowest BCUT2D eigenvalue weighted by molar-refractivity contribution is -0.154. The van der Waals surface area contributed by atoms with Crippen molar-refractivity contribution in [2.75, 3.05) is 11.5 Å². The van der Waals surface area contributed by atoms with Gasteiger partial charge in [0.1, 0.15) is 17.1 Å². The molecule has 1 aromatic carbocycles. The maximum absolute atomic E-state index is 12.8.